The molecule has 0 fully saturated rings. The zero-order valence-electron chi connectivity index (χ0n) is 20.5. The van der Waals surface area contributed by atoms with Crippen LogP contribution in [0.1, 0.15) is 38.5 Å². The summed E-state index contributed by atoms with van der Waals surface area (Å²) < 4.78 is 0. The average molecular weight is 549 g/mol. The molecule has 17 heteroatoms. The lowest BCUT2D eigenvalue weighted by atomic mass is 10.1. The smallest absolute Gasteiger partial charge is 0.326 e. The first-order valence-corrected chi connectivity index (χ1v) is 12.6. The number of aliphatic imine (C=N–C) groups is 1. The number of carboxylic acid groups (broad SMARTS) is 2. The summed E-state index contributed by atoms with van der Waals surface area (Å²) in [7, 11) is 0. The normalized spacial score (nSPS) is 13.8. The molecule has 16 nitrogen and oxygen atoms in total. The molecule has 37 heavy (non-hydrogen) atoms. The van der Waals surface area contributed by atoms with Crippen molar-refractivity contribution in [3.05, 3.63) is 0 Å². The van der Waals surface area contributed by atoms with E-state index >= 15 is 0 Å². The fourth-order valence-corrected chi connectivity index (χ4v) is 3.39. The van der Waals surface area contributed by atoms with Gasteiger partial charge in [-0.05, 0) is 37.7 Å². The summed E-state index contributed by atoms with van der Waals surface area (Å²) >= 11 is 1.47. The zero-order valence-corrected chi connectivity index (χ0v) is 21.3. The Balaban J connectivity index is 5.68. The van der Waals surface area contributed by atoms with Crippen molar-refractivity contribution < 1.29 is 39.0 Å². The Morgan fingerprint density at radius 1 is 0.838 bits per heavy atom. The van der Waals surface area contributed by atoms with Crippen LogP contribution in [0.5, 0.6) is 0 Å². The number of amides is 4. The van der Waals surface area contributed by atoms with Gasteiger partial charge in [-0.2, -0.15) is 11.8 Å². The summed E-state index contributed by atoms with van der Waals surface area (Å²) in [4.78, 5) is 75.6. The molecule has 210 valence electrons. The molecular formula is C20H36N8O8S. The van der Waals surface area contributed by atoms with Crippen molar-refractivity contribution in [2.75, 3.05) is 18.6 Å². The fourth-order valence-electron chi connectivity index (χ4n) is 2.90. The second kappa shape index (κ2) is 17.8. The molecule has 0 saturated heterocycles. The third kappa shape index (κ3) is 15.2. The zero-order chi connectivity index (χ0) is 28.5. The van der Waals surface area contributed by atoms with Crippen molar-refractivity contribution in [2.24, 2.45) is 27.9 Å². The number of carbonyl (C=O) groups excluding carboxylic acids is 4. The van der Waals surface area contributed by atoms with E-state index in [9.17, 15) is 33.9 Å². The van der Waals surface area contributed by atoms with Crippen LogP contribution in [0.3, 0.4) is 0 Å². The number of nitrogens with zero attached hydrogens (tertiary/aromatic N) is 1. The lowest BCUT2D eigenvalue weighted by Gasteiger charge is -2.25. The Labute approximate surface area is 217 Å². The van der Waals surface area contributed by atoms with Crippen LogP contribution in [-0.2, 0) is 28.8 Å². The van der Waals surface area contributed by atoms with E-state index in [-0.39, 0.29) is 38.2 Å². The highest BCUT2D eigenvalue weighted by Gasteiger charge is 2.31. The van der Waals surface area contributed by atoms with E-state index in [0.717, 1.165) is 0 Å². The molecular weight excluding hydrogens is 512 g/mol. The highest BCUT2D eigenvalue weighted by molar-refractivity contribution is 7.98. The molecule has 0 spiro atoms. The number of thioether (sulfide) groups is 1. The minimum atomic E-state index is -1.76. The molecule has 4 amide bonds. The predicted octanol–water partition coefficient (Wildman–Crippen LogP) is -3.60. The lowest BCUT2D eigenvalue weighted by Crippen LogP contribution is -2.57. The second-order valence-electron chi connectivity index (χ2n) is 7.96. The number of rotatable bonds is 19. The monoisotopic (exact) mass is 548 g/mol. The fraction of sp³-hybridized carbons (Fsp3) is 0.650. The van der Waals surface area contributed by atoms with Gasteiger partial charge in [0.15, 0.2) is 5.96 Å². The van der Waals surface area contributed by atoms with Gasteiger partial charge in [-0.3, -0.25) is 29.0 Å². The van der Waals surface area contributed by atoms with E-state index < -0.39 is 66.2 Å². The minimum Gasteiger partial charge on any atom is -0.481 e. The molecule has 0 aromatic rings. The number of carboxylic acids is 2. The van der Waals surface area contributed by atoms with Crippen molar-refractivity contribution >= 4 is 53.3 Å². The minimum absolute atomic E-state index is 0.0719. The molecule has 13 N–H and O–H groups in total. The van der Waals surface area contributed by atoms with Gasteiger partial charge in [-0.1, -0.05) is 0 Å². The number of hydrogen-bond donors (Lipinski definition) is 9. The van der Waals surface area contributed by atoms with Crippen LogP contribution in [0.4, 0.5) is 0 Å². The SMILES string of the molecule is CSCCC(N)C(=O)NC(CCC(N)=O)C(=O)NC(CCCN=C(N)N)C(=O)NC(CC(=O)O)C(=O)O. The first kappa shape index (κ1) is 33.4. The van der Waals surface area contributed by atoms with Crippen molar-refractivity contribution in [1.29, 1.82) is 0 Å². The number of primary amides is 1. The number of nitrogens with one attached hydrogen (secondary N) is 3. The molecule has 0 aliphatic rings. The number of nitrogens with two attached hydrogens (primary N) is 4. The summed E-state index contributed by atoms with van der Waals surface area (Å²) in [6.45, 7) is 0.0750. The number of guanidine groups is 1. The Bertz CT molecular complexity index is 852. The maximum Gasteiger partial charge on any atom is 0.326 e. The van der Waals surface area contributed by atoms with E-state index in [4.69, 9.17) is 28.0 Å². The van der Waals surface area contributed by atoms with Gasteiger partial charge in [-0.25, -0.2) is 4.79 Å². The first-order chi connectivity index (χ1) is 17.3. The second-order valence-corrected chi connectivity index (χ2v) is 8.95. The summed E-state index contributed by atoms with van der Waals surface area (Å²) in [6.07, 6.45) is 0.897. The number of carbonyl (C=O) groups is 6. The van der Waals surface area contributed by atoms with E-state index in [1.165, 1.54) is 11.8 Å². The van der Waals surface area contributed by atoms with Crippen LogP contribution in [0, 0.1) is 0 Å². The average Bonchev–Trinajstić information content (AvgIpc) is 2.80. The highest BCUT2D eigenvalue weighted by atomic mass is 32.2. The van der Waals surface area contributed by atoms with Crippen molar-refractivity contribution in [1.82, 2.24) is 16.0 Å². The van der Waals surface area contributed by atoms with E-state index in [1.807, 2.05) is 6.26 Å². The van der Waals surface area contributed by atoms with Gasteiger partial charge in [0.05, 0.1) is 12.5 Å². The summed E-state index contributed by atoms with van der Waals surface area (Å²) in [5.41, 5.74) is 21.5. The highest BCUT2D eigenvalue weighted by Crippen LogP contribution is 2.06. The van der Waals surface area contributed by atoms with Crippen LogP contribution in [0.25, 0.3) is 0 Å². The molecule has 0 rings (SSSR count). The van der Waals surface area contributed by atoms with Gasteiger partial charge < -0.3 is 49.1 Å². The Morgan fingerprint density at radius 2 is 1.38 bits per heavy atom. The Morgan fingerprint density at radius 3 is 1.86 bits per heavy atom. The van der Waals surface area contributed by atoms with Gasteiger partial charge in [0.25, 0.3) is 0 Å². The summed E-state index contributed by atoms with van der Waals surface area (Å²) in [5.74, 6) is -5.90. The van der Waals surface area contributed by atoms with Gasteiger partial charge in [0, 0.05) is 13.0 Å². The van der Waals surface area contributed by atoms with Gasteiger partial charge >= 0.3 is 11.9 Å². The number of hydrogen-bond acceptors (Lipinski definition) is 9. The first-order valence-electron chi connectivity index (χ1n) is 11.2. The quantitative estimate of drug-likeness (QED) is 0.0429. The third-order valence-corrected chi connectivity index (χ3v) is 5.50. The van der Waals surface area contributed by atoms with Crippen LogP contribution >= 0.6 is 11.8 Å². The molecule has 0 aromatic carbocycles. The molecule has 4 unspecified atom stereocenters. The van der Waals surface area contributed by atoms with Crippen LogP contribution in [0.2, 0.25) is 0 Å². The van der Waals surface area contributed by atoms with E-state index in [2.05, 4.69) is 20.9 Å². The molecule has 0 aliphatic heterocycles. The van der Waals surface area contributed by atoms with Crippen molar-refractivity contribution in [2.45, 2.75) is 62.7 Å². The lowest BCUT2D eigenvalue weighted by molar-refractivity contribution is -0.147. The molecule has 0 saturated carbocycles. The molecule has 0 aliphatic carbocycles. The van der Waals surface area contributed by atoms with Crippen LogP contribution in [0.15, 0.2) is 4.99 Å². The maximum absolute atomic E-state index is 13.0. The van der Waals surface area contributed by atoms with Gasteiger partial charge in [-0.15, -0.1) is 0 Å². The molecule has 0 heterocycles. The van der Waals surface area contributed by atoms with Crippen LogP contribution in [-0.4, -0.2) is 94.5 Å². The molecule has 0 bridgehead atoms. The number of aliphatic carboxylic acids is 2. The van der Waals surface area contributed by atoms with Crippen molar-refractivity contribution in [3.63, 3.8) is 0 Å². The van der Waals surface area contributed by atoms with Gasteiger partial charge in [0.2, 0.25) is 23.6 Å². The molecule has 0 aromatic heterocycles. The largest absolute Gasteiger partial charge is 0.481 e. The Hall–Kier alpha value is -3.60. The summed E-state index contributed by atoms with van der Waals surface area (Å²) in [5, 5.41) is 25.0. The predicted molar refractivity (Wildman–Crippen MR) is 135 cm³/mol. The molecule has 4 atom stereocenters. The standard InChI is InChI=1S/C20H36N8O8S/c1-37-8-6-10(21)16(32)26-12(4-5-14(22)29)18(34)27-11(3-2-7-25-20(23)24)17(33)28-13(19(35)36)9-15(30)31/h10-13H,2-9,21H2,1H3,(H2,22,29)(H,26,32)(H,27,34)(H,28,33)(H,30,31)(H,35,36)(H4,23,24,25). The van der Waals surface area contributed by atoms with Gasteiger partial charge in [0.1, 0.15) is 18.1 Å². The third-order valence-electron chi connectivity index (χ3n) is 4.85. The van der Waals surface area contributed by atoms with Crippen molar-refractivity contribution in [3.8, 4) is 0 Å². The molecule has 0 radical (unpaired) electrons. The van der Waals surface area contributed by atoms with E-state index in [0.29, 0.717) is 12.2 Å². The summed E-state index contributed by atoms with van der Waals surface area (Å²) in [6, 6.07) is -5.33. The van der Waals surface area contributed by atoms with Crippen LogP contribution < -0.4 is 38.9 Å². The van der Waals surface area contributed by atoms with E-state index in [1.54, 1.807) is 0 Å². The maximum atomic E-state index is 13.0. The Kier molecular flexibility index (Phi) is 16.0. The topological polar surface area (TPSA) is 295 Å².